The minimum atomic E-state index is -0.166. The third-order valence-corrected chi connectivity index (χ3v) is 5.14. The summed E-state index contributed by atoms with van der Waals surface area (Å²) in [6.45, 7) is 0.963. The molecule has 8 nitrogen and oxygen atoms in total. The van der Waals surface area contributed by atoms with E-state index in [2.05, 4.69) is 30.9 Å². The smallest absolute Gasteiger partial charge is 0.239 e. The molecule has 0 spiro atoms. The summed E-state index contributed by atoms with van der Waals surface area (Å²) in [5, 5.41) is 10.4. The van der Waals surface area contributed by atoms with Gasteiger partial charge in [0.25, 0.3) is 0 Å². The second-order valence-electron chi connectivity index (χ2n) is 7.15. The Labute approximate surface area is 201 Å². The van der Waals surface area contributed by atoms with Crippen LogP contribution in [-0.4, -0.2) is 32.0 Å². The van der Waals surface area contributed by atoms with Crippen molar-refractivity contribution in [2.45, 2.75) is 13.1 Å². The molecular formula is C23H21Cl2N7O. The normalized spacial score (nSPS) is 10.6. The van der Waals surface area contributed by atoms with E-state index in [0.29, 0.717) is 40.7 Å². The highest BCUT2D eigenvalue weighted by Gasteiger charge is 2.09. The van der Waals surface area contributed by atoms with Gasteiger partial charge in [0.15, 0.2) is 0 Å². The van der Waals surface area contributed by atoms with E-state index in [0.717, 1.165) is 11.1 Å². The molecule has 2 aromatic carbocycles. The quantitative estimate of drug-likeness (QED) is 0.329. The van der Waals surface area contributed by atoms with Gasteiger partial charge in [-0.2, -0.15) is 9.97 Å². The Morgan fingerprint density at radius 2 is 1.76 bits per heavy atom. The maximum Gasteiger partial charge on any atom is 0.239 e. The van der Waals surface area contributed by atoms with Crippen LogP contribution in [0.4, 0.5) is 11.8 Å². The maximum atomic E-state index is 12.3. The predicted molar refractivity (Wildman–Crippen MR) is 130 cm³/mol. The van der Waals surface area contributed by atoms with Crippen molar-refractivity contribution in [3.05, 3.63) is 94.5 Å². The summed E-state index contributed by atoms with van der Waals surface area (Å²) in [7, 11) is 0. The van der Waals surface area contributed by atoms with Crippen LogP contribution in [0.3, 0.4) is 0 Å². The molecule has 0 fully saturated rings. The van der Waals surface area contributed by atoms with Crippen LogP contribution >= 0.6 is 23.2 Å². The molecule has 0 saturated heterocycles. The molecule has 0 saturated carbocycles. The molecule has 0 radical (unpaired) electrons. The lowest BCUT2D eigenvalue weighted by atomic mass is 10.2. The first-order valence-corrected chi connectivity index (χ1v) is 10.9. The highest BCUT2D eigenvalue weighted by molar-refractivity contribution is 6.30. The van der Waals surface area contributed by atoms with Crippen molar-refractivity contribution in [1.82, 2.24) is 24.8 Å². The standard InChI is InChI=1S/C23H21Cl2N7O/c24-18-6-4-16(5-7-18)12-28-22(33)14-27-20-11-21(32-9-8-26-15-32)31-23(30-20)29-13-17-2-1-3-19(25)10-17/h1-11,15H,12-14H2,(H,28,33)(H2,27,29,30,31). The molecule has 10 heteroatoms. The van der Waals surface area contributed by atoms with Crippen LogP contribution in [0.1, 0.15) is 11.1 Å². The number of carbonyl (C=O) groups excluding carboxylic acids is 1. The van der Waals surface area contributed by atoms with Crippen molar-refractivity contribution in [3.8, 4) is 5.82 Å². The number of nitrogens with one attached hydrogen (secondary N) is 3. The van der Waals surface area contributed by atoms with Gasteiger partial charge in [-0.1, -0.05) is 47.5 Å². The van der Waals surface area contributed by atoms with Gasteiger partial charge in [-0.25, -0.2) is 4.98 Å². The lowest BCUT2D eigenvalue weighted by Gasteiger charge is -2.12. The number of hydrogen-bond donors (Lipinski definition) is 3. The largest absolute Gasteiger partial charge is 0.361 e. The molecule has 3 N–H and O–H groups in total. The number of anilines is 2. The first-order valence-electron chi connectivity index (χ1n) is 10.2. The van der Waals surface area contributed by atoms with Gasteiger partial charge in [0.05, 0.1) is 6.54 Å². The lowest BCUT2D eigenvalue weighted by Crippen LogP contribution is -2.29. The average molecular weight is 482 g/mol. The van der Waals surface area contributed by atoms with Crippen LogP contribution in [0.2, 0.25) is 10.0 Å². The molecule has 4 aromatic rings. The molecule has 0 aliphatic carbocycles. The van der Waals surface area contributed by atoms with E-state index in [1.165, 1.54) is 0 Å². The summed E-state index contributed by atoms with van der Waals surface area (Å²) in [6, 6.07) is 16.6. The van der Waals surface area contributed by atoms with E-state index in [4.69, 9.17) is 23.2 Å². The van der Waals surface area contributed by atoms with Crippen molar-refractivity contribution >= 4 is 40.9 Å². The summed E-state index contributed by atoms with van der Waals surface area (Å²) in [5.74, 6) is 1.36. The highest BCUT2D eigenvalue weighted by atomic mass is 35.5. The molecule has 0 unspecified atom stereocenters. The number of imidazole rings is 1. The first-order chi connectivity index (χ1) is 16.0. The van der Waals surface area contributed by atoms with E-state index in [1.54, 1.807) is 41.5 Å². The van der Waals surface area contributed by atoms with E-state index >= 15 is 0 Å². The number of benzene rings is 2. The van der Waals surface area contributed by atoms with Crippen LogP contribution in [0.15, 0.2) is 73.3 Å². The molecule has 0 bridgehead atoms. The van der Waals surface area contributed by atoms with Crippen molar-refractivity contribution in [3.63, 3.8) is 0 Å². The van der Waals surface area contributed by atoms with Crippen molar-refractivity contribution < 1.29 is 4.79 Å². The monoisotopic (exact) mass is 481 g/mol. The fourth-order valence-corrected chi connectivity index (χ4v) is 3.33. The molecular weight excluding hydrogens is 461 g/mol. The molecule has 2 aromatic heterocycles. The van der Waals surface area contributed by atoms with Crippen LogP contribution < -0.4 is 16.0 Å². The molecule has 33 heavy (non-hydrogen) atoms. The van der Waals surface area contributed by atoms with Crippen molar-refractivity contribution in [1.29, 1.82) is 0 Å². The van der Waals surface area contributed by atoms with Gasteiger partial charge in [0, 0.05) is 41.6 Å². The Kier molecular flexibility index (Phi) is 7.39. The summed E-state index contributed by atoms with van der Waals surface area (Å²) in [4.78, 5) is 25.4. The van der Waals surface area contributed by atoms with Crippen LogP contribution in [0.25, 0.3) is 5.82 Å². The fourth-order valence-electron chi connectivity index (χ4n) is 3.00. The predicted octanol–water partition coefficient (Wildman–Crippen LogP) is 4.31. The average Bonchev–Trinajstić information content (AvgIpc) is 3.36. The van der Waals surface area contributed by atoms with Gasteiger partial charge < -0.3 is 16.0 Å². The topological polar surface area (TPSA) is 96.8 Å². The second kappa shape index (κ2) is 10.8. The second-order valence-corrected chi connectivity index (χ2v) is 8.02. The number of amides is 1. The Morgan fingerprint density at radius 3 is 2.52 bits per heavy atom. The highest BCUT2D eigenvalue weighted by Crippen LogP contribution is 2.16. The maximum absolute atomic E-state index is 12.3. The SMILES string of the molecule is O=C(CNc1cc(-n2ccnc2)nc(NCc2cccc(Cl)c2)n1)NCc1ccc(Cl)cc1. The number of carbonyl (C=O) groups is 1. The van der Waals surface area contributed by atoms with Gasteiger partial charge in [-0.3, -0.25) is 9.36 Å². The third kappa shape index (κ3) is 6.68. The number of rotatable bonds is 9. The number of nitrogens with zero attached hydrogens (tertiary/aromatic N) is 4. The molecule has 0 atom stereocenters. The number of hydrogen-bond acceptors (Lipinski definition) is 6. The number of halogens is 2. The molecule has 1 amide bonds. The molecule has 0 aliphatic rings. The summed E-state index contributed by atoms with van der Waals surface area (Å²) in [5.41, 5.74) is 1.96. The molecule has 0 aliphatic heterocycles. The molecule has 4 rings (SSSR count). The minimum absolute atomic E-state index is 0.0572. The van der Waals surface area contributed by atoms with Crippen molar-refractivity contribution in [2.24, 2.45) is 0 Å². The zero-order valence-corrected chi connectivity index (χ0v) is 19.0. The first kappa shape index (κ1) is 22.6. The van der Waals surface area contributed by atoms with Crippen LogP contribution in [0, 0.1) is 0 Å². The Balaban J connectivity index is 1.41. The van der Waals surface area contributed by atoms with Crippen molar-refractivity contribution in [2.75, 3.05) is 17.2 Å². The van der Waals surface area contributed by atoms with E-state index in [-0.39, 0.29) is 12.5 Å². The van der Waals surface area contributed by atoms with Gasteiger partial charge in [0.2, 0.25) is 11.9 Å². The van der Waals surface area contributed by atoms with E-state index < -0.39 is 0 Å². The molecule has 168 valence electrons. The van der Waals surface area contributed by atoms with Gasteiger partial charge >= 0.3 is 0 Å². The minimum Gasteiger partial charge on any atom is -0.361 e. The Hall–Kier alpha value is -3.62. The van der Waals surface area contributed by atoms with Gasteiger partial charge in [0.1, 0.15) is 18.0 Å². The van der Waals surface area contributed by atoms with Crippen LogP contribution in [0.5, 0.6) is 0 Å². The summed E-state index contributed by atoms with van der Waals surface area (Å²) in [6.07, 6.45) is 5.09. The lowest BCUT2D eigenvalue weighted by molar-refractivity contribution is -0.119. The zero-order chi connectivity index (χ0) is 23.0. The fraction of sp³-hybridized carbons (Fsp3) is 0.130. The summed E-state index contributed by atoms with van der Waals surface area (Å²) < 4.78 is 1.76. The third-order valence-electron chi connectivity index (χ3n) is 4.65. The Bertz CT molecular complexity index is 1210. The Morgan fingerprint density at radius 1 is 0.909 bits per heavy atom. The van der Waals surface area contributed by atoms with E-state index in [9.17, 15) is 4.79 Å². The molecule has 2 heterocycles. The van der Waals surface area contributed by atoms with Crippen LogP contribution in [-0.2, 0) is 17.9 Å². The summed E-state index contributed by atoms with van der Waals surface area (Å²) >= 11 is 12.0. The number of aromatic nitrogens is 4. The van der Waals surface area contributed by atoms with Gasteiger partial charge in [-0.15, -0.1) is 0 Å². The van der Waals surface area contributed by atoms with E-state index in [1.807, 2.05) is 36.4 Å². The zero-order valence-electron chi connectivity index (χ0n) is 17.5. The van der Waals surface area contributed by atoms with Gasteiger partial charge in [-0.05, 0) is 35.4 Å².